The molecule has 1 aliphatic rings. The van der Waals surface area contributed by atoms with Crippen molar-refractivity contribution < 1.29 is 22.7 Å². The van der Waals surface area contributed by atoms with Crippen LogP contribution < -0.4 is 10.6 Å². The molecule has 1 fully saturated rings. The van der Waals surface area contributed by atoms with Crippen molar-refractivity contribution in [2.45, 2.75) is 30.9 Å². The lowest BCUT2D eigenvalue weighted by Gasteiger charge is -2.34. The number of hydrogen-bond donors (Lipinski definition) is 2. The van der Waals surface area contributed by atoms with Gasteiger partial charge in [0.1, 0.15) is 6.23 Å². The highest BCUT2D eigenvalue weighted by Crippen LogP contribution is 2.23. The summed E-state index contributed by atoms with van der Waals surface area (Å²) in [7, 11) is -3.81. The van der Waals surface area contributed by atoms with Gasteiger partial charge in [0.25, 0.3) is 0 Å². The first-order valence-corrected chi connectivity index (χ1v) is 10.1. The number of hydrogen-bond acceptors (Lipinski definition) is 5. The van der Waals surface area contributed by atoms with Crippen LogP contribution in [0.3, 0.4) is 0 Å². The molecule has 1 aromatic rings. The second-order valence-corrected chi connectivity index (χ2v) is 8.04. The summed E-state index contributed by atoms with van der Waals surface area (Å²) >= 11 is 5.81. The molecule has 1 heterocycles. The molecular formula is C16H22ClN3O5S. The highest BCUT2D eigenvalue weighted by molar-refractivity contribution is 7.89. The van der Waals surface area contributed by atoms with Gasteiger partial charge >= 0.3 is 11.8 Å². The molecule has 1 aromatic carbocycles. The summed E-state index contributed by atoms with van der Waals surface area (Å²) in [5.41, 5.74) is 0. The highest BCUT2D eigenvalue weighted by atomic mass is 35.5. The molecule has 1 saturated heterocycles. The van der Waals surface area contributed by atoms with Crippen molar-refractivity contribution in [3.8, 4) is 0 Å². The molecule has 144 valence electrons. The minimum absolute atomic E-state index is 0.0874. The summed E-state index contributed by atoms with van der Waals surface area (Å²) in [5.74, 6) is -1.58. The first kappa shape index (κ1) is 20.6. The average molecular weight is 404 g/mol. The Hall–Kier alpha value is -1.68. The van der Waals surface area contributed by atoms with E-state index in [4.69, 9.17) is 16.3 Å². The SMILES string of the molecule is CCCNC(=O)C(=O)NC[C@@H]1OCCCN1S(=O)(=O)c1ccc(Cl)cc1. The van der Waals surface area contributed by atoms with Crippen molar-refractivity contribution in [2.24, 2.45) is 0 Å². The van der Waals surface area contributed by atoms with Gasteiger partial charge < -0.3 is 15.4 Å². The number of carbonyl (C=O) groups is 2. The average Bonchev–Trinajstić information content (AvgIpc) is 2.64. The zero-order chi connectivity index (χ0) is 19.2. The minimum atomic E-state index is -3.81. The maximum absolute atomic E-state index is 12.8. The van der Waals surface area contributed by atoms with Gasteiger partial charge in [-0.1, -0.05) is 18.5 Å². The number of amides is 2. The molecule has 0 bridgehead atoms. The van der Waals surface area contributed by atoms with Gasteiger partial charge in [0, 0.05) is 18.1 Å². The van der Waals surface area contributed by atoms with Crippen LogP contribution in [0.5, 0.6) is 0 Å². The van der Waals surface area contributed by atoms with Gasteiger partial charge in [0.05, 0.1) is 18.0 Å². The Bertz CT molecular complexity index is 739. The summed E-state index contributed by atoms with van der Waals surface area (Å²) in [6.45, 7) is 2.77. The summed E-state index contributed by atoms with van der Waals surface area (Å²) in [4.78, 5) is 23.5. The van der Waals surface area contributed by atoms with E-state index in [1.165, 1.54) is 28.6 Å². The van der Waals surface area contributed by atoms with Crippen molar-refractivity contribution in [1.82, 2.24) is 14.9 Å². The molecule has 0 saturated carbocycles. The van der Waals surface area contributed by atoms with Gasteiger partial charge in [-0.2, -0.15) is 4.31 Å². The van der Waals surface area contributed by atoms with Crippen LogP contribution in [0.1, 0.15) is 19.8 Å². The third-order valence-corrected chi connectivity index (χ3v) is 5.91. The predicted molar refractivity (Wildman–Crippen MR) is 96.0 cm³/mol. The van der Waals surface area contributed by atoms with Crippen LogP contribution in [0.25, 0.3) is 0 Å². The number of carbonyl (C=O) groups excluding carboxylic acids is 2. The van der Waals surface area contributed by atoms with E-state index in [0.717, 1.165) is 0 Å². The number of halogens is 1. The Balaban J connectivity index is 2.06. The van der Waals surface area contributed by atoms with Crippen molar-refractivity contribution in [2.75, 3.05) is 26.2 Å². The van der Waals surface area contributed by atoms with E-state index in [0.29, 0.717) is 31.0 Å². The second-order valence-electron chi connectivity index (χ2n) is 5.71. The fourth-order valence-electron chi connectivity index (χ4n) is 2.42. The van der Waals surface area contributed by atoms with Crippen LogP contribution in [0.4, 0.5) is 0 Å². The Labute approximate surface area is 157 Å². The van der Waals surface area contributed by atoms with Crippen molar-refractivity contribution in [3.05, 3.63) is 29.3 Å². The molecule has 10 heteroatoms. The van der Waals surface area contributed by atoms with E-state index in [1.54, 1.807) is 0 Å². The molecule has 1 atom stereocenters. The number of benzene rings is 1. The molecule has 2 rings (SSSR count). The first-order chi connectivity index (χ1) is 12.4. The lowest BCUT2D eigenvalue weighted by molar-refractivity contribution is -0.140. The van der Waals surface area contributed by atoms with E-state index < -0.39 is 28.1 Å². The Morgan fingerprint density at radius 3 is 2.54 bits per heavy atom. The van der Waals surface area contributed by atoms with Crippen molar-refractivity contribution in [3.63, 3.8) is 0 Å². The van der Waals surface area contributed by atoms with E-state index >= 15 is 0 Å². The maximum atomic E-state index is 12.8. The second kappa shape index (κ2) is 9.31. The van der Waals surface area contributed by atoms with Gasteiger partial charge in [0.2, 0.25) is 10.0 Å². The van der Waals surface area contributed by atoms with Crippen LogP contribution in [0.2, 0.25) is 5.02 Å². The molecule has 0 radical (unpaired) electrons. The summed E-state index contributed by atoms with van der Waals surface area (Å²) in [5, 5.41) is 5.31. The number of ether oxygens (including phenoxy) is 1. The molecule has 1 aliphatic heterocycles. The third-order valence-electron chi connectivity index (χ3n) is 3.75. The summed E-state index contributed by atoms with van der Waals surface area (Å²) in [6, 6.07) is 5.82. The van der Waals surface area contributed by atoms with Crippen molar-refractivity contribution >= 4 is 33.4 Å². The van der Waals surface area contributed by atoms with E-state index in [9.17, 15) is 18.0 Å². The topological polar surface area (TPSA) is 105 Å². The standard InChI is InChI=1S/C16H22ClN3O5S/c1-2-8-18-15(21)16(22)19-11-14-20(9-3-10-25-14)26(23,24)13-6-4-12(17)5-7-13/h4-7,14H,2-3,8-11H2,1H3,(H,18,21)(H,19,22)/t14-/m0/s1. The third kappa shape index (κ3) is 5.16. The fourth-order valence-corrected chi connectivity index (χ4v) is 4.11. The highest BCUT2D eigenvalue weighted by Gasteiger charge is 2.34. The Kier molecular flexibility index (Phi) is 7.39. The van der Waals surface area contributed by atoms with Crippen LogP contribution >= 0.6 is 11.6 Å². The van der Waals surface area contributed by atoms with Gasteiger partial charge in [0.15, 0.2) is 0 Å². The lowest BCUT2D eigenvalue weighted by atomic mass is 10.3. The normalized spacial score (nSPS) is 18.3. The minimum Gasteiger partial charge on any atom is -0.360 e. The zero-order valence-electron chi connectivity index (χ0n) is 14.4. The zero-order valence-corrected chi connectivity index (χ0v) is 16.0. The predicted octanol–water partition coefficient (Wildman–Crippen LogP) is 0.720. The van der Waals surface area contributed by atoms with Crippen LogP contribution in [-0.4, -0.2) is 57.0 Å². The molecule has 0 unspecified atom stereocenters. The summed E-state index contributed by atoms with van der Waals surface area (Å²) in [6.07, 6.45) is 0.360. The molecule has 2 N–H and O–H groups in total. The number of rotatable bonds is 6. The summed E-state index contributed by atoms with van der Waals surface area (Å²) < 4.78 is 32.4. The largest absolute Gasteiger partial charge is 0.360 e. The van der Waals surface area contributed by atoms with E-state index in [-0.39, 0.29) is 18.0 Å². The molecule has 8 nitrogen and oxygen atoms in total. The van der Waals surface area contributed by atoms with Gasteiger partial charge in [-0.3, -0.25) is 9.59 Å². The molecule has 2 amide bonds. The Morgan fingerprint density at radius 1 is 1.23 bits per heavy atom. The van der Waals surface area contributed by atoms with E-state index in [1.807, 2.05) is 6.92 Å². The fraction of sp³-hybridized carbons (Fsp3) is 0.500. The molecule has 0 aromatic heterocycles. The first-order valence-electron chi connectivity index (χ1n) is 8.31. The van der Waals surface area contributed by atoms with Gasteiger partial charge in [-0.05, 0) is 37.1 Å². The smallest absolute Gasteiger partial charge is 0.309 e. The van der Waals surface area contributed by atoms with Crippen molar-refractivity contribution in [1.29, 1.82) is 0 Å². The quantitative estimate of drug-likeness (QED) is 0.681. The van der Waals surface area contributed by atoms with Crippen LogP contribution in [0, 0.1) is 0 Å². The van der Waals surface area contributed by atoms with Crippen LogP contribution in [0.15, 0.2) is 29.2 Å². The number of nitrogens with zero attached hydrogens (tertiary/aromatic N) is 1. The van der Waals surface area contributed by atoms with E-state index in [2.05, 4.69) is 10.6 Å². The number of nitrogens with one attached hydrogen (secondary N) is 2. The number of sulfonamides is 1. The maximum Gasteiger partial charge on any atom is 0.309 e. The molecular weight excluding hydrogens is 382 g/mol. The monoisotopic (exact) mass is 403 g/mol. The molecule has 0 spiro atoms. The van der Waals surface area contributed by atoms with Gasteiger partial charge in [-0.15, -0.1) is 0 Å². The van der Waals surface area contributed by atoms with Crippen LogP contribution in [-0.2, 0) is 24.3 Å². The molecule has 0 aliphatic carbocycles. The van der Waals surface area contributed by atoms with Gasteiger partial charge in [-0.25, -0.2) is 8.42 Å². The molecule has 26 heavy (non-hydrogen) atoms. The Morgan fingerprint density at radius 2 is 1.88 bits per heavy atom. The lowest BCUT2D eigenvalue weighted by Crippen LogP contribution is -2.53.